The second-order valence-corrected chi connectivity index (χ2v) is 5.16. The smallest absolute Gasteiger partial charge is 0.181 e. The Morgan fingerprint density at radius 3 is 3.00 bits per heavy atom. The molecule has 0 aliphatic heterocycles. The third-order valence-electron chi connectivity index (χ3n) is 1.39. The lowest BCUT2D eigenvalue weighted by Gasteiger charge is -2.03. The molecule has 1 aromatic heterocycles. The van der Waals surface area contributed by atoms with Crippen LogP contribution in [0.4, 0.5) is 5.13 Å². The van der Waals surface area contributed by atoms with E-state index in [9.17, 15) is 0 Å². The molecule has 1 heterocycles. The lowest BCUT2D eigenvalue weighted by Crippen LogP contribution is -1.89. The van der Waals surface area contributed by atoms with Crippen molar-refractivity contribution in [2.75, 3.05) is 5.73 Å². The Hall–Kier alpha value is -0.220. The monoisotopic (exact) mass is 188 g/mol. The Balaban J connectivity index is 2.50. The molecule has 62 valence electrons. The fourth-order valence-electron chi connectivity index (χ4n) is 0.608. The van der Waals surface area contributed by atoms with Crippen molar-refractivity contribution in [2.24, 2.45) is 0 Å². The van der Waals surface area contributed by atoms with Gasteiger partial charge in [0.2, 0.25) is 0 Å². The minimum atomic E-state index is 0.662. The van der Waals surface area contributed by atoms with Crippen molar-refractivity contribution in [3.8, 4) is 0 Å². The number of nitrogen functional groups attached to an aromatic ring is 1. The van der Waals surface area contributed by atoms with Crippen LogP contribution >= 0.6 is 23.1 Å². The molecular weight excluding hydrogens is 176 g/mol. The number of aromatic nitrogens is 1. The summed E-state index contributed by atoms with van der Waals surface area (Å²) in [5.74, 6) is 0. The Bertz CT molecular complexity index is 222. The molecule has 1 rings (SSSR count). The zero-order chi connectivity index (χ0) is 8.27. The third kappa shape index (κ3) is 2.71. The summed E-state index contributed by atoms with van der Waals surface area (Å²) in [6.45, 7) is 4.39. The Morgan fingerprint density at radius 2 is 2.55 bits per heavy atom. The molecule has 1 aromatic rings. The molecule has 0 radical (unpaired) electrons. The van der Waals surface area contributed by atoms with Gasteiger partial charge in [-0.25, -0.2) is 4.98 Å². The lowest BCUT2D eigenvalue weighted by molar-refractivity contribution is 0.907. The van der Waals surface area contributed by atoms with E-state index in [1.807, 2.05) is 18.0 Å². The van der Waals surface area contributed by atoms with Crippen LogP contribution in [0.1, 0.15) is 20.3 Å². The Morgan fingerprint density at radius 1 is 1.82 bits per heavy atom. The van der Waals surface area contributed by atoms with Gasteiger partial charge in [-0.15, -0.1) is 11.8 Å². The zero-order valence-corrected chi connectivity index (χ0v) is 8.34. The largest absolute Gasteiger partial charge is 0.375 e. The molecular formula is C7H12N2S2. The lowest BCUT2D eigenvalue weighted by atomic mass is 10.4. The van der Waals surface area contributed by atoms with Crippen molar-refractivity contribution in [1.82, 2.24) is 4.98 Å². The average molecular weight is 188 g/mol. The highest BCUT2D eigenvalue weighted by molar-refractivity contribution is 8.01. The topological polar surface area (TPSA) is 38.9 Å². The molecule has 11 heavy (non-hydrogen) atoms. The van der Waals surface area contributed by atoms with Crippen LogP contribution in [-0.2, 0) is 0 Å². The molecule has 4 heteroatoms. The quantitative estimate of drug-likeness (QED) is 0.741. The summed E-state index contributed by atoms with van der Waals surface area (Å²) in [6, 6.07) is 0. The average Bonchev–Trinajstić information content (AvgIpc) is 2.35. The number of nitrogens with zero attached hydrogens (tertiary/aromatic N) is 1. The molecule has 0 amide bonds. The van der Waals surface area contributed by atoms with Crippen LogP contribution < -0.4 is 5.73 Å². The summed E-state index contributed by atoms with van der Waals surface area (Å²) < 4.78 is 1.22. The van der Waals surface area contributed by atoms with Gasteiger partial charge in [0.05, 0.1) is 10.4 Å². The van der Waals surface area contributed by atoms with E-state index >= 15 is 0 Å². The fraction of sp³-hybridized carbons (Fsp3) is 0.571. The van der Waals surface area contributed by atoms with Crippen LogP contribution in [-0.4, -0.2) is 10.2 Å². The van der Waals surface area contributed by atoms with E-state index in [2.05, 4.69) is 18.8 Å². The summed E-state index contributed by atoms with van der Waals surface area (Å²) in [5, 5.41) is 1.32. The predicted molar refractivity (Wildman–Crippen MR) is 52.1 cm³/mol. The Kier molecular flexibility index (Phi) is 3.20. The first kappa shape index (κ1) is 8.87. The molecule has 0 saturated carbocycles. The maximum Gasteiger partial charge on any atom is 0.181 e. The highest BCUT2D eigenvalue weighted by Crippen LogP contribution is 2.30. The van der Waals surface area contributed by atoms with Crippen molar-refractivity contribution in [1.29, 1.82) is 0 Å². The normalized spacial score (nSPS) is 13.3. The fourth-order valence-corrected chi connectivity index (χ4v) is 2.64. The van der Waals surface area contributed by atoms with Gasteiger partial charge in [0.25, 0.3) is 0 Å². The standard InChI is InChI=1S/C7H12N2S2/c1-3-5(2)10-6-4-9-7(8)11-6/h4-5H,3H2,1-2H3,(H2,8,9). The molecule has 0 aromatic carbocycles. The zero-order valence-electron chi connectivity index (χ0n) is 6.70. The third-order valence-corrected chi connectivity index (χ3v) is 3.63. The second kappa shape index (κ2) is 3.97. The molecule has 1 atom stereocenters. The van der Waals surface area contributed by atoms with Crippen LogP contribution in [0.15, 0.2) is 10.4 Å². The number of nitrogens with two attached hydrogens (primary N) is 1. The number of thiazole rings is 1. The van der Waals surface area contributed by atoms with Gasteiger partial charge in [0.15, 0.2) is 5.13 Å². The molecule has 0 spiro atoms. The minimum absolute atomic E-state index is 0.662. The van der Waals surface area contributed by atoms with E-state index in [1.165, 1.54) is 10.6 Å². The van der Waals surface area contributed by atoms with Crippen molar-refractivity contribution in [3.63, 3.8) is 0 Å². The van der Waals surface area contributed by atoms with Gasteiger partial charge in [0.1, 0.15) is 0 Å². The van der Waals surface area contributed by atoms with Crippen molar-refractivity contribution in [2.45, 2.75) is 29.7 Å². The van der Waals surface area contributed by atoms with Gasteiger partial charge in [-0.2, -0.15) is 0 Å². The van der Waals surface area contributed by atoms with Crippen LogP contribution in [0.2, 0.25) is 0 Å². The molecule has 0 bridgehead atoms. The van der Waals surface area contributed by atoms with Crippen molar-refractivity contribution < 1.29 is 0 Å². The maximum absolute atomic E-state index is 5.49. The predicted octanol–water partition coefficient (Wildman–Crippen LogP) is 2.62. The second-order valence-electron chi connectivity index (χ2n) is 2.35. The molecule has 2 nitrogen and oxygen atoms in total. The van der Waals surface area contributed by atoms with E-state index in [0.717, 1.165) is 0 Å². The first-order valence-corrected chi connectivity index (χ1v) is 5.30. The number of rotatable bonds is 3. The van der Waals surface area contributed by atoms with Gasteiger partial charge in [-0.1, -0.05) is 25.2 Å². The summed E-state index contributed by atoms with van der Waals surface area (Å²) in [7, 11) is 0. The van der Waals surface area contributed by atoms with Gasteiger partial charge in [-0.3, -0.25) is 0 Å². The highest BCUT2D eigenvalue weighted by Gasteiger charge is 2.03. The van der Waals surface area contributed by atoms with E-state index < -0.39 is 0 Å². The number of thioether (sulfide) groups is 1. The summed E-state index contributed by atoms with van der Waals surface area (Å²) >= 11 is 3.40. The van der Waals surface area contributed by atoms with Crippen LogP contribution in [0, 0.1) is 0 Å². The molecule has 0 saturated heterocycles. The summed E-state index contributed by atoms with van der Waals surface area (Å²) in [4.78, 5) is 3.98. The summed E-state index contributed by atoms with van der Waals surface area (Å²) in [6.07, 6.45) is 3.03. The molecule has 0 aliphatic carbocycles. The first-order chi connectivity index (χ1) is 5.22. The van der Waals surface area contributed by atoms with Gasteiger partial charge >= 0.3 is 0 Å². The van der Waals surface area contributed by atoms with Crippen LogP contribution in [0.5, 0.6) is 0 Å². The van der Waals surface area contributed by atoms with Crippen LogP contribution in [0.3, 0.4) is 0 Å². The summed E-state index contributed by atoms with van der Waals surface area (Å²) in [5.41, 5.74) is 5.49. The minimum Gasteiger partial charge on any atom is -0.375 e. The van der Waals surface area contributed by atoms with Crippen LogP contribution in [0.25, 0.3) is 0 Å². The maximum atomic E-state index is 5.49. The van der Waals surface area contributed by atoms with Gasteiger partial charge < -0.3 is 5.73 Å². The van der Waals surface area contributed by atoms with Crippen molar-refractivity contribution >= 4 is 28.2 Å². The van der Waals surface area contributed by atoms with E-state index in [4.69, 9.17) is 5.73 Å². The Labute approximate surface area is 75.2 Å². The van der Waals surface area contributed by atoms with Gasteiger partial charge in [0, 0.05) is 5.25 Å². The van der Waals surface area contributed by atoms with E-state index in [1.54, 1.807) is 11.3 Å². The highest BCUT2D eigenvalue weighted by atomic mass is 32.2. The first-order valence-electron chi connectivity index (χ1n) is 3.60. The van der Waals surface area contributed by atoms with E-state index in [0.29, 0.717) is 10.4 Å². The number of anilines is 1. The van der Waals surface area contributed by atoms with Crippen molar-refractivity contribution in [3.05, 3.63) is 6.20 Å². The molecule has 2 N–H and O–H groups in total. The number of hydrogen-bond donors (Lipinski definition) is 1. The molecule has 0 fully saturated rings. The van der Waals surface area contributed by atoms with Gasteiger partial charge in [-0.05, 0) is 6.42 Å². The SMILES string of the molecule is CCC(C)Sc1cnc(N)s1. The van der Waals surface area contributed by atoms with E-state index in [-0.39, 0.29) is 0 Å². The number of hydrogen-bond acceptors (Lipinski definition) is 4. The molecule has 0 aliphatic rings. The molecule has 1 unspecified atom stereocenters.